The van der Waals surface area contributed by atoms with Crippen LogP contribution >= 0.6 is 0 Å². The molecule has 1 heteroatoms. The van der Waals surface area contributed by atoms with E-state index < -0.39 is 0 Å². The number of hydrogen-bond acceptors (Lipinski definition) is 1. The number of hydrogen-bond donors (Lipinski definition) is 1. The summed E-state index contributed by atoms with van der Waals surface area (Å²) in [6.45, 7) is 4.57. The van der Waals surface area contributed by atoms with E-state index in [1.165, 1.54) is 36.8 Å². The van der Waals surface area contributed by atoms with Crippen molar-refractivity contribution < 1.29 is 0 Å². The second-order valence-electron chi connectivity index (χ2n) is 5.86. The van der Waals surface area contributed by atoms with E-state index in [1.807, 2.05) is 0 Å². The van der Waals surface area contributed by atoms with Gasteiger partial charge in [0, 0.05) is 6.04 Å². The predicted octanol–water partition coefficient (Wildman–Crippen LogP) is 3.95. The maximum Gasteiger partial charge on any atom is 0.0320 e. The van der Waals surface area contributed by atoms with E-state index in [0.29, 0.717) is 6.04 Å². The molecule has 2 rings (SSSR count). The van der Waals surface area contributed by atoms with Crippen molar-refractivity contribution in [3.05, 3.63) is 35.4 Å². The molecule has 1 aliphatic rings. The fourth-order valence-electron chi connectivity index (χ4n) is 2.52. The van der Waals surface area contributed by atoms with Crippen molar-refractivity contribution in [1.29, 1.82) is 0 Å². The van der Waals surface area contributed by atoms with Gasteiger partial charge in [-0.25, -0.2) is 0 Å². The van der Waals surface area contributed by atoms with Crippen LogP contribution in [0.3, 0.4) is 0 Å². The summed E-state index contributed by atoms with van der Waals surface area (Å²) < 4.78 is 0. The molecule has 0 heterocycles. The molecule has 17 heavy (non-hydrogen) atoms. The molecule has 0 radical (unpaired) electrons. The molecule has 0 aromatic heterocycles. The second kappa shape index (κ2) is 5.68. The summed E-state index contributed by atoms with van der Waals surface area (Å²) in [5.41, 5.74) is 2.95. The van der Waals surface area contributed by atoms with Crippen molar-refractivity contribution in [3.63, 3.8) is 0 Å². The zero-order valence-corrected chi connectivity index (χ0v) is 11.4. The maximum absolute atomic E-state index is 3.47. The van der Waals surface area contributed by atoms with Crippen LogP contribution in [0.5, 0.6) is 0 Å². The van der Waals surface area contributed by atoms with Crippen molar-refractivity contribution in [1.82, 2.24) is 5.32 Å². The lowest BCUT2D eigenvalue weighted by atomic mass is 9.96. The third kappa shape index (κ3) is 3.85. The van der Waals surface area contributed by atoms with Crippen LogP contribution in [0.25, 0.3) is 0 Å². The molecule has 94 valence electrons. The summed E-state index contributed by atoms with van der Waals surface area (Å²) in [6.07, 6.45) is 5.36. The second-order valence-corrected chi connectivity index (χ2v) is 5.86. The van der Waals surface area contributed by atoms with Crippen LogP contribution in [0.4, 0.5) is 0 Å². The lowest BCUT2D eigenvalue weighted by Gasteiger charge is -2.17. The van der Waals surface area contributed by atoms with Crippen LogP contribution < -0.4 is 5.32 Å². The molecular weight excluding hydrogens is 206 g/mol. The van der Waals surface area contributed by atoms with E-state index in [9.17, 15) is 0 Å². The van der Waals surface area contributed by atoms with Gasteiger partial charge in [0.05, 0.1) is 0 Å². The number of nitrogens with one attached hydrogen (secondary N) is 1. The minimum atomic E-state index is 0.551. The Morgan fingerprint density at radius 2 is 2.06 bits per heavy atom. The molecule has 0 aliphatic heterocycles. The lowest BCUT2D eigenvalue weighted by molar-refractivity contribution is 0.513. The highest BCUT2D eigenvalue weighted by Gasteiger charge is 2.25. The van der Waals surface area contributed by atoms with Gasteiger partial charge in [0.1, 0.15) is 0 Å². The quantitative estimate of drug-likeness (QED) is 0.782. The zero-order valence-electron chi connectivity index (χ0n) is 11.4. The van der Waals surface area contributed by atoms with E-state index in [-0.39, 0.29) is 0 Å². The summed E-state index contributed by atoms with van der Waals surface area (Å²) in [7, 11) is 2.09. The molecule has 0 bridgehead atoms. The molecule has 1 aromatic rings. The van der Waals surface area contributed by atoms with Gasteiger partial charge in [0.25, 0.3) is 0 Å². The first-order valence-electron chi connectivity index (χ1n) is 6.95. The standard InChI is InChI=1S/C16H25N/c1-12(2)9-14-5-4-6-15(10-14)16(17-3)11-13-7-8-13/h4-6,10,12-13,16-17H,7-9,11H2,1-3H3. The highest BCUT2D eigenvalue weighted by Crippen LogP contribution is 2.37. The Morgan fingerprint density at radius 3 is 2.65 bits per heavy atom. The summed E-state index contributed by atoms with van der Waals surface area (Å²) in [5.74, 6) is 1.71. The van der Waals surface area contributed by atoms with Gasteiger partial charge in [0.2, 0.25) is 0 Å². The fourth-order valence-corrected chi connectivity index (χ4v) is 2.52. The topological polar surface area (TPSA) is 12.0 Å². The highest BCUT2D eigenvalue weighted by atomic mass is 14.9. The van der Waals surface area contributed by atoms with Crippen molar-refractivity contribution in [2.24, 2.45) is 11.8 Å². The first kappa shape index (κ1) is 12.6. The fraction of sp³-hybridized carbons (Fsp3) is 0.625. The van der Waals surface area contributed by atoms with E-state index in [4.69, 9.17) is 0 Å². The molecule has 1 fully saturated rings. The summed E-state index contributed by atoms with van der Waals surface area (Å²) in [4.78, 5) is 0. The third-order valence-electron chi connectivity index (χ3n) is 3.61. The van der Waals surface area contributed by atoms with Crippen molar-refractivity contribution in [2.45, 2.75) is 45.6 Å². The summed E-state index contributed by atoms with van der Waals surface area (Å²) in [5, 5.41) is 3.47. The highest BCUT2D eigenvalue weighted by molar-refractivity contribution is 5.26. The number of rotatable bonds is 6. The normalized spacial score (nSPS) is 17.4. The van der Waals surface area contributed by atoms with Crippen LogP contribution in [0.2, 0.25) is 0 Å². The molecule has 1 aromatic carbocycles. The zero-order chi connectivity index (χ0) is 12.3. The Balaban J connectivity index is 2.06. The molecular formula is C16H25N. The van der Waals surface area contributed by atoms with Gasteiger partial charge in [-0.15, -0.1) is 0 Å². The van der Waals surface area contributed by atoms with Gasteiger partial charge in [-0.3, -0.25) is 0 Å². The predicted molar refractivity (Wildman–Crippen MR) is 74.1 cm³/mol. The van der Waals surface area contributed by atoms with Gasteiger partial charge < -0.3 is 5.32 Å². The van der Waals surface area contributed by atoms with Gasteiger partial charge in [0.15, 0.2) is 0 Å². The minimum absolute atomic E-state index is 0.551. The average Bonchev–Trinajstić information content (AvgIpc) is 3.09. The molecule has 1 unspecified atom stereocenters. The van der Waals surface area contributed by atoms with E-state index in [0.717, 1.165) is 11.8 Å². The van der Waals surface area contributed by atoms with E-state index in [2.05, 4.69) is 50.5 Å². The van der Waals surface area contributed by atoms with Crippen LogP contribution in [0, 0.1) is 11.8 Å². The SMILES string of the molecule is CNC(CC1CC1)c1cccc(CC(C)C)c1. The molecule has 1 nitrogen and oxygen atoms in total. The molecule has 0 spiro atoms. The van der Waals surface area contributed by atoms with Gasteiger partial charge in [-0.05, 0) is 42.9 Å². The van der Waals surface area contributed by atoms with Crippen LogP contribution in [0.15, 0.2) is 24.3 Å². The van der Waals surface area contributed by atoms with E-state index >= 15 is 0 Å². The molecule has 1 saturated carbocycles. The van der Waals surface area contributed by atoms with Crippen LogP contribution in [-0.2, 0) is 6.42 Å². The van der Waals surface area contributed by atoms with Crippen LogP contribution in [0.1, 0.15) is 50.3 Å². The molecule has 1 aliphatic carbocycles. The minimum Gasteiger partial charge on any atom is -0.313 e. The van der Waals surface area contributed by atoms with Gasteiger partial charge in [-0.1, -0.05) is 51.0 Å². The number of benzene rings is 1. The largest absolute Gasteiger partial charge is 0.313 e. The molecule has 0 saturated heterocycles. The van der Waals surface area contributed by atoms with Crippen molar-refractivity contribution in [3.8, 4) is 0 Å². The third-order valence-corrected chi connectivity index (χ3v) is 3.61. The Hall–Kier alpha value is -0.820. The molecule has 1 atom stereocenters. The van der Waals surface area contributed by atoms with Gasteiger partial charge >= 0.3 is 0 Å². The molecule has 1 N–H and O–H groups in total. The Bertz CT molecular complexity index is 352. The van der Waals surface area contributed by atoms with Crippen molar-refractivity contribution in [2.75, 3.05) is 7.05 Å². The Labute approximate surface area is 106 Å². The lowest BCUT2D eigenvalue weighted by Crippen LogP contribution is -2.17. The maximum atomic E-state index is 3.47. The Kier molecular flexibility index (Phi) is 4.22. The van der Waals surface area contributed by atoms with Gasteiger partial charge in [-0.2, -0.15) is 0 Å². The summed E-state index contributed by atoms with van der Waals surface area (Å²) in [6, 6.07) is 9.68. The van der Waals surface area contributed by atoms with Crippen molar-refractivity contribution >= 4 is 0 Å². The smallest absolute Gasteiger partial charge is 0.0320 e. The monoisotopic (exact) mass is 231 g/mol. The first-order chi connectivity index (χ1) is 8.19. The molecule has 0 amide bonds. The average molecular weight is 231 g/mol. The summed E-state index contributed by atoms with van der Waals surface area (Å²) >= 11 is 0. The Morgan fingerprint density at radius 1 is 1.29 bits per heavy atom. The van der Waals surface area contributed by atoms with Crippen LogP contribution in [-0.4, -0.2) is 7.05 Å². The van der Waals surface area contributed by atoms with E-state index in [1.54, 1.807) is 0 Å². The first-order valence-corrected chi connectivity index (χ1v) is 6.95.